The molecule has 90 valence electrons. The molecule has 4 heteroatoms. The summed E-state index contributed by atoms with van der Waals surface area (Å²) in [6.45, 7) is 1.99. The first kappa shape index (κ1) is 11.8. The molecule has 2 rings (SSSR count). The van der Waals surface area contributed by atoms with Gasteiger partial charge in [-0.2, -0.15) is 0 Å². The topological polar surface area (TPSA) is 24.9 Å². The fourth-order valence-electron chi connectivity index (χ4n) is 1.93. The molecule has 0 aliphatic carbocycles. The highest BCUT2D eigenvalue weighted by Gasteiger charge is 2.13. The van der Waals surface area contributed by atoms with E-state index in [-0.39, 0.29) is 5.69 Å². The number of para-hydroxylation sites is 1. The van der Waals surface area contributed by atoms with Crippen LogP contribution in [0.1, 0.15) is 24.6 Å². The zero-order valence-corrected chi connectivity index (χ0v) is 9.80. The highest BCUT2D eigenvalue weighted by molar-refractivity contribution is 5.93. The van der Waals surface area contributed by atoms with Crippen LogP contribution in [-0.4, -0.2) is 12.0 Å². The summed E-state index contributed by atoms with van der Waals surface area (Å²) in [4.78, 5) is 4.06. The van der Waals surface area contributed by atoms with Crippen LogP contribution in [0, 0.1) is 0 Å². The molecule has 0 atom stereocenters. The molecule has 0 amide bonds. The van der Waals surface area contributed by atoms with Crippen LogP contribution in [-0.2, 0) is 6.42 Å². The van der Waals surface area contributed by atoms with Gasteiger partial charge in [0.15, 0.2) is 0 Å². The van der Waals surface area contributed by atoms with Gasteiger partial charge in [-0.15, -0.1) is 0 Å². The Labute approximate surface area is 98.7 Å². The SMILES string of the molecule is CCc1cccc2c(NC)cc(C(F)F)nc12. The quantitative estimate of drug-likeness (QED) is 0.877. The smallest absolute Gasteiger partial charge is 0.280 e. The lowest BCUT2D eigenvalue weighted by Gasteiger charge is -2.11. The number of alkyl halides is 2. The molecule has 0 radical (unpaired) electrons. The number of hydrogen-bond acceptors (Lipinski definition) is 2. The third-order valence-electron chi connectivity index (χ3n) is 2.82. The lowest BCUT2D eigenvalue weighted by Crippen LogP contribution is -1.99. The Bertz CT molecular complexity index is 538. The average Bonchev–Trinajstić information content (AvgIpc) is 2.36. The fraction of sp³-hybridized carbons (Fsp3) is 0.308. The third-order valence-corrected chi connectivity index (χ3v) is 2.82. The maximum atomic E-state index is 12.8. The first-order valence-corrected chi connectivity index (χ1v) is 5.55. The van der Waals surface area contributed by atoms with Crippen LogP contribution in [0.3, 0.4) is 0 Å². The summed E-state index contributed by atoms with van der Waals surface area (Å²) in [7, 11) is 1.72. The monoisotopic (exact) mass is 236 g/mol. The van der Waals surface area contributed by atoms with Crippen LogP contribution in [0.25, 0.3) is 10.9 Å². The van der Waals surface area contributed by atoms with Crippen molar-refractivity contribution in [2.45, 2.75) is 19.8 Å². The number of anilines is 1. The first-order valence-electron chi connectivity index (χ1n) is 5.55. The molecule has 1 aromatic heterocycles. The van der Waals surface area contributed by atoms with E-state index in [2.05, 4.69) is 10.3 Å². The molecule has 1 heterocycles. The Morgan fingerprint density at radius 2 is 2.12 bits per heavy atom. The van der Waals surface area contributed by atoms with Gasteiger partial charge in [-0.3, -0.25) is 0 Å². The second kappa shape index (κ2) is 4.65. The second-order valence-electron chi connectivity index (χ2n) is 3.81. The van der Waals surface area contributed by atoms with Crippen LogP contribution >= 0.6 is 0 Å². The van der Waals surface area contributed by atoms with Gasteiger partial charge in [0, 0.05) is 18.1 Å². The summed E-state index contributed by atoms with van der Waals surface area (Å²) in [6, 6.07) is 7.14. The average molecular weight is 236 g/mol. The van der Waals surface area contributed by atoms with Gasteiger partial charge in [-0.1, -0.05) is 25.1 Å². The summed E-state index contributed by atoms with van der Waals surface area (Å²) in [6.07, 6.45) is -1.77. The normalized spacial score (nSPS) is 11.1. The number of halogens is 2. The van der Waals surface area contributed by atoms with Crippen LogP contribution in [0.15, 0.2) is 24.3 Å². The molecule has 0 aliphatic heterocycles. The van der Waals surface area contributed by atoms with E-state index in [1.807, 2.05) is 25.1 Å². The van der Waals surface area contributed by atoms with Crippen molar-refractivity contribution >= 4 is 16.6 Å². The number of pyridine rings is 1. The van der Waals surface area contributed by atoms with E-state index in [0.29, 0.717) is 11.2 Å². The van der Waals surface area contributed by atoms with Crippen molar-refractivity contribution in [2.24, 2.45) is 0 Å². The number of fused-ring (bicyclic) bond motifs is 1. The molecule has 1 N–H and O–H groups in total. The van der Waals surface area contributed by atoms with Gasteiger partial charge < -0.3 is 5.32 Å². The van der Waals surface area contributed by atoms with Gasteiger partial charge in [-0.05, 0) is 18.1 Å². The largest absolute Gasteiger partial charge is 0.388 e. The van der Waals surface area contributed by atoms with E-state index < -0.39 is 6.43 Å². The van der Waals surface area contributed by atoms with E-state index in [1.165, 1.54) is 6.07 Å². The predicted octanol–water partition coefficient (Wildman–Crippen LogP) is 3.78. The zero-order valence-electron chi connectivity index (χ0n) is 9.80. The fourth-order valence-corrected chi connectivity index (χ4v) is 1.93. The van der Waals surface area contributed by atoms with Gasteiger partial charge in [0.25, 0.3) is 6.43 Å². The van der Waals surface area contributed by atoms with Crippen LogP contribution in [0.4, 0.5) is 14.5 Å². The van der Waals surface area contributed by atoms with E-state index in [1.54, 1.807) is 7.05 Å². The molecule has 0 aliphatic rings. The minimum absolute atomic E-state index is 0.178. The summed E-state index contributed by atoms with van der Waals surface area (Å²) >= 11 is 0. The summed E-state index contributed by atoms with van der Waals surface area (Å²) in [5, 5.41) is 3.83. The molecule has 0 saturated heterocycles. The highest BCUT2D eigenvalue weighted by Crippen LogP contribution is 2.29. The van der Waals surface area contributed by atoms with E-state index in [9.17, 15) is 8.78 Å². The molecule has 0 bridgehead atoms. The third kappa shape index (κ3) is 2.07. The molecule has 2 aromatic rings. The van der Waals surface area contributed by atoms with Crippen molar-refractivity contribution in [1.82, 2.24) is 4.98 Å². The number of hydrogen-bond donors (Lipinski definition) is 1. The number of rotatable bonds is 3. The maximum Gasteiger partial charge on any atom is 0.280 e. The molecule has 0 saturated carbocycles. The number of aromatic nitrogens is 1. The van der Waals surface area contributed by atoms with Gasteiger partial charge >= 0.3 is 0 Å². The predicted molar refractivity (Wildman–Crippen MR) is 65.6 cm³/mol. The number of nitrogens with zero attached hydrogens (tertiary/aromatic N) is 1. The van der Waals surface area contributed by atoms with Gasteiger partial charge in [-0.25, -0.2) is 13.8 Å². The van der Waals surface area contributed by atoms with Crippen molar-refractivity contribution in [1.29, 1.82) is 0 Å². The van der Waals surface area contributed by atoms with E-state index in [0.717, 1.165) is 17.4 Å². The first-order chi connectivity index (χ1) is 8.17. The van der Waals surface area contributed by atoms with Crippen molar-refractivity contribution < 1.29 is 8.78 Å². The maximum absolute atomic E-state index is 12.8. The summed E-state index contributed by atoms with van der Waals surface area (Å²) in [5.41, 5.74) is 2.17. The van der Waals surface area contributed by atoms with Crippen LogP contribution in [0.5, 0.6) is 0 Å². The second-order valence-corrected chi connectivity index (χ2v) is 3.81. The minimum atomic E-state index is -2.54. The number of nitrogens with one attached hydrogen (secondary N) is 1. The molecule has 1 aromatic carbocycles. The Hall–Kier alpha value is -1.71. The summed E-state index contributed by atoms with van der Waals surface area (Å²) in [5.74, 6) is 0. The molecule has 17 heavy (non-hydrogen) atoms. The summed E-state index contributed by atoms with van der Waals surface area (Å²) < 4.78 is 25.5. The molecule has 0 spiro atoms. The number of aryl methyl sites for hydroxylation is 1. The molecule has 0 fully saturated rings. The van der Waals surface area contributed by atoms with Gasteiger partial charge in [0.1, 0.15) is 5.69 Å². The molecular weight excluding hydrogens is 222 g/mol. The van der Waals surface area contributed by atoms with E-state index >= 15 is 0 Å². The Morgan fingerprint density at radius 3 is 2.71 bits per heavy atom. The van der Waals surface area contributed by atoms with Crippen molar-refractivity contribution in [2.75, 3.05) is 12.4 Å². The lowest BCUT2D eigenvalue weighted by molar-refractivity contribution is 0.146. The van der Waals surface area contributed by atoms with Crippen molar-refractivity contribution in [3.63, 3.8) is 0 Å². The van der Waals surface area contributed by atoms with Crippen LogP contribution < -0.4 is 5.32 Å². The zero-order chi connectivity index (χ0) is 12.4. The Kier molecular flexibility index (Phi) is 3.22. The van der Waals surface area contributed by atoms with Gasteiger partial charge in [0.2, 0.25) is 0 Å². The van der Waals surface area contributed by atoms with Gasteiger partial charge in [0.05, 0.1) is 5.52 Å². The Balaban J connectivity index is 2.78. The lowest BCUT2D eigenvalue weighted by atomic mass is 10.1. The van der Waals surface area contributed by atoms with Crippen molar-refractivity contribution in [3.8, 4) is 0 Å². The number of benzene rings is 1. The Morgan fingerprint density at radius 1 is 1.35 bits per heavy atom. The minimum Gasteiger partial charge on any atom is -0.388 e. The molecular formula is C13H14F2N2. The van der Waals surface area contributed by atoms with E-state index in [4.69, 9.17) is 0 Å². The molecule has 2 nitrogen and oxygen atoms in total. The van der Waals surface area contributed by atoms with Crippen LogP contribution in [0.2, 0.25) is 0 Å². The standard InChI is InChI=1S/C13H14F2N2/c1-3-8-5-4-6-9-10(16-2)7-11(13(14)15)17-12(8)9/h4-7,13H,3H2,1-2H3,(H,16,17). The van der Waals surface area contributed by atoms with Crippen molar-refractivity contribution in [3.05, 3.63) is 35.5 Å². The molecule has 0 unspecified atom stereocenters. The highest BCUT2D eigenvalue weighted by atomic mass is 19.3.